The van der Waals surface area contributed by atoms with Crippen molar-refractivity contribution in [2.24, 2.45) is 4.99 Å². The molecule has 3 nitrogen and oxygen atoms in total. The maximum Gasteiger partial charge on any atom is 0.161 e. The van der Waals surface area contributed by atoms with Gasteiger partial charge in [-0.2, -0.15) is 0 Å². The number of benzene rings is 2. The molecule has 0 bridgehead atoms. The molecule has 1 aliphatic heterocycles. The van der Waals surface area contributed by atoms with Gasteiger partial charge in [-0.3, -0.25) is 4.99 Å². The number of fused-ring (bicyclic) bond motifs is 4. The standard InChI is InChI=1S/C20H13ClN2O/c21-16-7-3-8-17-15(16)11-22-19(18-9-4-10-23(17)18)20-14-6-2-1-5-13(14)12-24-20/h1-10,12H,11H2. The molecule has 1 aliphatic rings. The summed E-state index contributed by atoms with van der Waals surface area (Å²) >= 11 is 6.41. The van der Waals surface area contributed by atoms with Gasteiger partial charge in [0, 0.05) is 27.6 Å². The first-order chi connectivity index (χ1) is 11.8. The largest absolute Gasteiger partial charge is 0.461 e. The summed E-state index contributed by atoms with van der Waals surface area (Å²) in [6.07, 6.45) is 3.82. The van der Waals surface area contributed by atoms with E-state index in [0.717, 1.165) is 44.2 Å². The molecule has 0 N–H and O–H groups in total. The van der Waals surface area contributed by atoms with Crippen molar-refractivity contribution in [3.8, 4) is 5.69 Å². The Balaban J connectivity index is 1.79. The molecule has 3 heterocycles. The minimum absolute atomic E-state index is 0.529. The Labute approximate surface area is 143 Å². The van der Waals surface area contributed by atoms with E-state index in [0.29, 0.717) is 6.54 Å². The molecule has 116 valence electrons. The summed E-state index contributed by atoms with van der Waals surface area (Å²) in [5, 5.41) is 2.88. The molecule has 0 unspecified atom stereocenters. The van der Waals surface area contributed by atoms with Gasteiger partial charge in [-0.05, 0) is 24.3 Å². The van der Waals surface area contributed by atoms with Crippen molar-refractivity contribution in [1.29, 1.82) is 0 Å². The molecule has 0 amide bonds. The summed E-state index contributed by atoms with van der Waals surface area (Å²) in [6.45, 7) is 0.529. The number of aliphatic imine (C=N–C) groups is 1. The lowest BCUT2D eigenvalue weighted by Crippen LogP contribution is -2.07. The lowest BCUT2D eigenvalue weighted by molar-refractivity contribution is 0.562. The number of furan rings is 1. The highest BCUT2D eigenvalue weighted by Crippen LogP contribution is 2.31. The first-order valence-electron chi connectivity index (χ1n) is 7.79. The Morgan fingerprint density at radius 2 is 1.92 bits per heavy atom. The lowest BCUT2D eigenvalue weighted by Gasteiger charge is -2.11. The lowest BCUT2D eigenvalue weighted by atomic mass is 10.1. The van der Waals surface area contributed by atoms with Crippen LogP contribution < -0.4 is 0 Å². The average molecular weight is 333 g/mol. The van der Waals surface area contributed by atoms with Crippen LogP contribution in [0.15, 0.2) is 76.5 Å². The second-order valence-electron chi connectivity index (χ2n) is 5.82. The molecule has 0 spiro atoms. The van der Waals surface area contributed by atoms with Gasteiger partial charge in [0.2, 0.25) is 0 Å². The number of aromatic nitrogens is 1. The SMILES string of the molecule is Clc1cccc2c1CN=C(c1occ3ccccc13)c1cccn1-2. The van der Waals surface area contributed by atoms with E-state index in [-0.39, 0.29) is 0 Å². The Morgan fingerprint density at radius 1 is 1.00 bits per heavy atom. The summed E-state index contributed by atoms with van der Waals surface area (Å²) in [7, 11) is 0. The molecule has 0 atom stereocenters. The van der Waals surface area contributed by atoms with Crippen LogP contribution in [0, 0.1) is 0 Å². The normalized spacial score (nSPS) is 13.3. The number of hydrogen-bond acceptors (Lipinski definition) is 2. The van der Waals surface area contributed by atoms with Crippen molar-refractivity contribution >= 4 is 28.1 Å². The minimum atomic E-state index is 0.529. The monoisotopic (exact) mass is 332 g/mol. The van der Waals surface area contributed by atoms with Crippen molar-refractivity contribution in [2.75, 3.05) is 0 Å². The van der Waals surface area contributed by atoms with Gasteiger partial charge in [0.25, 0.3) is 0 Å². The summed E-state index contributed by atoms with van der Waals surface area (Å²) in [4.78, 5) is 4.85. The second-order valence-corrected chi connectivity index (χ2v) is 6.23. The van der Waals surface area contributed by atoms with Gasteiger partial charge in [-0.1, -0.05) is 41.9 Å². The molecule has 2 aromatic carbocycles. The predicted molar refractivity (Wildman–Crippen MR) is 96.3 cm³/mol. The van der Waals surface area contributed by atoms with Crippen LogP contribution in [0.1, 0.15) is 17.0 Å². The highest BCUT2D eigenvalue weighted by molar-refractivity contribution is 6.31. The van der Waals surface area contributed by atoms with Crippen LogP contribution in [-0.2, 0) is 6.54 Å². The van der Waals surface area contributed by atoms with Crippen LogP contribution in [0.5, 0.6) is 0 Å². The topological polar surface area (TPSA) is 30.4 Å². The summed E-state index contributed by atoms with van der Waals surface area (Å²) in [5.74, 6) is 0.800. The molecule has 5 rings (SSSR count). The van der Waals surface area contributed by atoms with Crippen LogP contribution in [0.3, 0.4) is 0 Å². The van der Waals surface area contributed by atoms with Crippen LogP contribution >= 0.6 is 11.6 Å². The maximum absolute atomic E-state index is 6.41. The van der Waals surface area contributed by atoms with E-state index in [1.807, 2.05) is 42.6 Å². The highest BCUT2D eigenvalue weighted by Gasteiger charge is 2.22. The zero-order valence-corrected chi connectivity index (χ0v) is 13.5. The number of rotatable bonds is 1. The predicted octanol–water partition coefficient (Wildman–Crippen LogP) is 5.23. The van der Waals surface area contributed by atoms with E-state index in [1.54, 1.807) is 6.26 Å². The second kappa shape index (κ2) is 5.11. The van der Waals surface area contributed by atoms with Gasteiger partial charge in [0.1, 0.15) is 5.71 Å². The molecule has 0 radical (unpaired) electrons. The van der Waals surface area contributed by atoms with Crippen LogP contribution in [0.25, 0.3) is 16.5 Å². The first-order valence-corrected chi connectivity index (χ1v) is 8.17. The molecule has 0 saturated heterocycles. The Hall–Kier alpha value is -2.78. The van der Waals surface area contributed by atoms with Gasteiger partial charge in [0.15, 0.2) is 5.76 Å². The highest BCUT2D eigenvalue weighted by atomic mass is 35.5. The summed E-state index contributed by atoms with van der Waals surface area (Å²) < 4.78 is 8.02. The Kier molecular flexibility index (Phi) is 2.91. The zero-order chi connectivity index (χ0) is 16.1. The molecular formula is C20H13ClN2O. The fourth-order valence-corrected chi connectivity index (χ4v) is 3.55. The van der Waals surface area contributed by atoms with Gasteiger partial charge >= 0.3 is 0 Å². The minimum Gasteiger partial charge on any atom is -0.461 e. The van der Waals surface area contributed by atoms with Crippen LogP contribution in [0.2, 0.25) is 5.02 Å². The summed E-state index contributed by atoms with van der Waals surface area (Å²) in [5.41, 5.74) is 3.96. The molecule has 24 heavy (non-hydrogen) atoms. The molecule has 4 heteroatoms. The van der Waals surface area contributed by atoms with Crippen molar-refractivity contribution < 1.29 is 4.42 Å². The third-order valence-corrected chi connectivity index (χ3v) is 4.82. The first kappa shape index (κ1) is 13.6. The molecule has 4 aromatic rings. The van der Waals surface area contributed by atoms with Gasteiger partial charge in [-0.25, -0.2) is 0 Å². The van der Waals surface area contributed by atoms with Crippen molar-refractivity contribution in [3.05, 3.63) is 89.1 Å². The van der Waals surface area contributed by atoms with E-state index in [2.05, 4.69) is 22.8 Å². The van der Waals surface area contributed by atoms with Crippen molar-refractivity contribution in [2.45, 2.75) is 6.54 Å². The number of hydrogen-bond donors (Lipinski definition) is 0. The van der Waals surface area contributed by atoms with E-state index in [1.165, 1.54) is 0 Å². The molecular weight excluding hydrogens is 320 g/mol. The zero-order valence-electron chi connectivity index (χ0n) is 12.7. The summed E-state index contributed by atoms with van der Waals surface area (Å²) in [6, 6.07) is 18.2. The van der Waals surface area contributed by atoms with Gasteiger partial charge < -0.3 is 8.98 Å². The fraction of sp³-hybridized carbons (Fsp3) is 0.0500. The number of halogens is 1. The van der Waals surface area contributed by atoms with E-state index in [9.17, 15) is 0 Å². The molecule has 0 fully saturated rings. The number of nitrogens with zero attached hydrogens (tertiary/aromatic N) is 2. The van der Waals surface area contributed by atoms with E-state index >= 15 is 0 Å². The average Bonchev–Trinajstić information content (AvgIpc) is 3.21. The van der Waals surface area contributed by atoms with Crippen molar-refractivity contribution in [1.82, 2.24) is 4.57 Å². The van der Waals surface area contributed by atoms with E-state index < -0.39 is 0 Å². The maximum atomic E-state index is 6.41. The fourth-order valence-electron chi connectivity index (χ4n) is 3.32. The van der Waals surface area contributed by atoms with Crippen LogP contribution in [-0.4, -0.2) is 10.3 Å². The molecule has 0 saturated carbocycles. The molecule has 0 aliphatic carbocycles. The Morgan fingerprint density at radius 3 is 2.88 bits per heavy atom. The van der Waals surface area contributed by atoms with E-state index in [4.69, 9.17) is 21.0 Å². The quantitative estimate of drug-likeness (QED) is 0.469. The van der Waals surface area contributed by atoms with Crippen LogP contribution in [0.4, 0.5) is 0 Å². The molecule has 2 aromatic heterocycles. The third kappa shape index (κ3) is 1.88. The Bertz CT molecular complexity index is 1100. The van der Waals surface area contributed by atoms with Crippen molar-refractivity contribution in [3.63, 3.8) is 0 Å². The smallest absolute Gasteiger partial charge is 0.161 e. The van der Waals surface area contributed by atoms with Gasteiger partial charge in [0.05, 0.1) is 24.2 Å². The third-order valence-electron chi connectivity index (χ3n) is 4.46. The van der Waals surface area contributed by atoms with Gasteiger partial charge in [-0.15, -0.1) is 0 Å².